The molecular weight excluding hydrogens is 260 g/mol. The second kappa shape index (κ2) is 4.65. The highest BCUT2D eigenvalue weighted by Gasteiger charge is 2.10. The minimum absolute atomic E-state index is 0.101. The number of nitrogens with zero attached hydrogens (tertiary/aromatic N) is 2. The van der Waals surface area contributed by atoms with Gasteiger partial charge in [-0.15, -0.1) is 0 Å². The summed E-state index contributed by atoms with van der Waals surface area (Å²) in [5.74, 6) is -1.21. The van der Waals surface area contributed by atoms with Crippen molar-refractivity contribution >= 4 is 16.9 Å². The van der Waals surface area contributed by atoms with Crippen LogP contribution in [-0.4, -0.2) is 20.6 Å². The molecule has 6 heteroatoms. The standard InChI is InChI=1S/C14H10N2O4/c17-13-3-4-15-8-16(13)7-9-1-2-11-10(5-9)6-12(20-11)14(18)19/h1-6,8H,7H2,(H,18,19). The monoisotopic (exact) mass is 270 g/mol. The molecule has 3 rings (SSSR count). The predicted octanol–water partition coefficient (Wildman–Crippen LogP) is 1.74. The Morgan fingerprint density at radius 1 is 1.30 bits per heavy atom. The molecule has 0 fully saturated rings. The van der Waals surface area contributed by atoms with Crippen LogP contribution in [0.25, 0.3) is 11.0 Å². The summed E-state index contributed by atoms with van der Waals surface area (Å²) >= 11 is 0. The lowest BCUT2D eigenvalue weighted by Gasteiger charge is -2.04. The Labute approximate surface area is 112 Å². The van der Waals surface area contributed by atoms with E-state index in [9.17, 15) is 9.59 Å². The molecule has 0 bridgehead atoms. The summed E-state index contributed by atoms with van der Waals surface area (Å²) in [5, 5.41) is 9.57. The fourth-order valence-electron chi connectivity index (χ4n) is 1.99. The quantitative estimate of drug-likeness (QED) is 0.783. The second-order valence-electron chi connectivity index (χ2n) is 4.33. The van der Waals surface area contributed by atoms with E-state index >= 15 is 0 Å². The molecule has 3 aromatic rings. The lowest BCUT2D eigenvalue weighted by Crippen LogP contribution is -2.19. The maximum atomic E-state index is 11.6. The molecule has 1 aromatic carbocycles. The summed E-state index contributed by atoms with van der Waals surface area (Å²) in [6, 6.07) is 8.13. The molecule has 0 unspecified atom stereocenters. The van der Waals surface area contributed by atoms with E-state index in [1.165, 1.54) is 29.2 Å². The van der Waals surface area contributed by atoms with Gasteiger partial charge in [-0.2, -0.15) is 0 Å². The van der Waals surface area contributed by atoms with Crippen LogP contribution < -0.4 is 5.56 Å². The zero-order chi connectivity index (χ0) is 14.1. The van der Waals surface area contributed by atoms with Crippen molar-refractivity contribution in [1.29, 1.82) is 0 Å². The number of benzene rings is 1. The Balaban J connectivity index is 1.99. The molecule has 2 aromatic heterocycles. The fourth-order valence-corrected chi connectivity index (χ4v) is 1.99. The third-order valence-electron chi connectivity index (χ3n) is 2.94. The Morgan fingerprint density at radius 3 is 2.90 bits per heavy atom. The Hall–Kier alpha value is -2.89. The molecule has 0 saturated carbocycles. The number of furan rings is 1. The third-order valence-corrected chi connectivity index (χ3v) is 2.94. The molecule has 100 valence electrons. The Morgan fingerprint density at radius 2 is 2.15 bits per heavy atom. The van der Waals surface area contributed by atoms with Crippen LogP contribution in [0.4, 0.5) is 0 Å². The average Bonchev–Trinajstić information content (AvgIpc) is 2.85. The van der Waals surface area contributed by atoms with E-state index in [0.717, 1.165) is 5.56 Å². The van der Waals surface area contributed by atoms with Gasteiger partial charge >= 0.3 is 5.97 Å². The Kier molecular flexibility index (Phi) is 2.83. The van der Waals surface area contributed by atoms with Crippen molar-refractivity contribution in [2.24, 2.45) is 0 Å². The maximum Gasteiger partial charge on any atom is 0.371 e. The van der Waals surface area contributed by atoms with Gasteiger partial charge in [0, 0.05) is 17.6 Å². The van der Waals surface area contributed by atoms with Crippen molar-refractivity contribution in [2.45, 2.75) is 6.54 Å². The minimum Gasteiger partial charge on any atom is -0.475 e. The molecule has 0 saturated heterocycles. The van der Waals surface area contributed by atoms with Gasteiger partial charge in [0.05, 0.1) is 12.9 Å². The molecule has 0 amide bonds. The van der Waals surface area contributed by atoms with Crippen LogP contribution >= 0.6 is 0 Å². The zero-order valence-electron chi connectivity index (χ0n) is 10.3. The zero-order valence-corrected chi connectivity index (χ0v) is 10.3. The van der Waals surface area contributed by atoms with E-state index in [2.05, 4.69) is 4.98 Å². The second-order valence-corrected chi connectivity index (χ2v) is 4.33. The maximum absolute atomic E-state index is 11.6. The highest BCUT2D eigenvalue weighted by atomic mass is 16.4. The highest BCUT2D eigenvalue weighted by molar-refractivity contribution is 5.91. The first-order valence-corrected chi connectivity index (χ1v) is 5.90. The lowest BCUT2D eigenvalue weighted by molar-refractivity contribution is 0.0665. The van der Waals surface area contributed by atoms with Crippen LogP contribution in [0, 0.1) is 0 Å². The van der Waals surface area contributed by atoms with Gasteiger partial charge < -0.3 is 9.52 Å². The van der Waals surface area contributed by atoms with Crippen molar-refractivity contribution in [2.75, 3.05) is 0 Å². The topological polar surface area (TPSA) is 85.3 Å². The highest BCUT2D eigenvalue weighted by Crippen LogP contribution is 2.21. The van der Waals surface area contributed by atoms with Crippen LogP contribution in [0.2, 0.25) is 0 Å². The fraction of sp³-hybridized carbons (Fsp3) is 0.0714. The molecule has 1 N–H and O–H groups in total. The SMILES string of the molecule is O=C(O)c1cc2cc(Cn3cnccc3=O)ccc2o1. The normalized spacial score (nSPS) is 10.8. The van der Waals surface area contributed by atoms with E-state index in [-0.39, 0.29) is 11.3 Å². The van der Waals surface area contributed by atoms with E-state index < -0.39 is 5.97 Å². The van der Waals surface area contributed by atoms with Crippen molar-refractivity contribution in [3.63, 3.8) is 0 Å². The number of hydrogen-bond acceptors (Lipinski definition) is 4. The summed E-state index contributed by atoms with van der Waals surface area (Å²) in [6.45, 7) is 0.371. The van der Waals surface area contributed by atoms with Crippen molar-refractivity contribution in [1.82, 2.24) is 9.55 Å². The van der Waals surface area contributed by atoms with E-state index in [0.29, 0.717) is 17.5 Å². The smallest absolute Gasteiger partial charge is 0.371 e. The van der Waals surface area contributed by atoms with Crippen LogP contribution in [0.1, 0.15) is 16.1 Å². The first-order chi connectivity index (χ1) is 9.63. The molecule has 0 radical (unpaired) electrons. The van der Waals surface area contributed by atoms with Gasteiger partial charge in [0.1, 0.15) is 5.58 Å². The third kappa shape index (κ3) is 2.18. The van der Waals surface area contributed by atoms with Crippen LogP contribution in [0.15, 0.2) is 52.1 Å². The number of hydrogen-bond donors (Lipinski definition) is 1. The predicted molar refractivity (Wildman–Crippen MR) is 70.8 cm³/mol. The van der Waals surface area contributed by atoms with Gasteiger partial charge in [-0.1, -0.05) is 6.07 Å². The van der Waals surface area contributed by atoms with E-state index in [4.69, 9.17) is 9.52 Å². The van der Waals surface area contributed by atoms with Crippen LogP contribution in [0.3, 0.4) is 0 Å². The van der Waals surface area contributed by atoms with Gasteiger partial charge in [-0.25, -0.2) is 9.78 Å². The van der Waals surface area contributed by atoms with Crippen molar-refractivity contribution in [3.8, 4) is 0 Å². The summed E-state index contributed by atoms with van der Waals surface area (Å²) < 4.78 is 6.65. The number of fused-ring (bicyclic) bond motifs is 1. The molecular formula is C14H10N2O4. The largest absolute Gasteiger partial charge is 0.475 e. The molecule has 0 aliphatic carbocycles. The summed E-state index contributed by atoms with van der Waals surface area (Å²) in [7, 11) is 0. The molecule has 0 spiro atoms. The van der Waals surface area contributed by atoms with Gasteiger partial charge in [-0.05, 0) is 23.8 Å². The van der Waals surface area contributed by atoms with Crippen LogP contribution in [-0.2, 0) is 6.54 Å². The number of rotatable bonds is 3. The molecule has 6 nitrogen and oxygen atoms in total. The van der Waals surface area contributed by atoms with E-state index in [1.807, 2.05) is 0 Å². The summed E-state index contributed by atoms with van der Waals surface area (Å²) in [6.07, 6.45) is 2.90. The first kappa shape index (κ1) is 12.2. The van der Waals surface area contributed by atoms with Gasteiger partial charge in [0.2, 0.25) is 5.76 Å². The summed E-state index contributed by atoms with van der Waals surface area (Å²) in [4.78, 5) is 26.3. The summed E-state index contributed by atoms with van der Waals surface area (Å²) in [5.41, 5.74) is 1.23. The number of aromatic carboxylic acids is 1. The minimum atomic E-state index is -1.11. The number of carboxylic acids is 1. The van der Waals surface area contributed by atoms with Crippen molar-refractivity contribution < 1.29 is 14.3 Å². The van der Waals surface area contributed by atoms with E-state index in [1.54, 1.807) is 18.2 Å². The van der Waals surface area contributed by atoms with Crippen LogP contribution in [0.5, 0.6) is 0 Å². The molecule has 20 heavy (non-hydrogen) atoms. The van der Waals surface area contributed by atoms with Gasteiger partial charge in [-0.3, -0.25) is 9.36 Å². The number of carboxylic acid groups (broad SMARTS) is 1. The molecule has 0 aliphatic heterocycles. The first-order valence-electron chi connectivity index (χ1n) is 5.90. The number of aromatic nitrogens is 2. The average molecular weight is 270 g/mol. The molecule has 0 aliphatic rings. The number of carbonyl (C=O) groups is 1. The lowest BCUT2D eigenvalue weighted by atomic mass is 10.1. The molecule has 0 atom stereocenters. The Bertz CT molecular complexity index is 848. The van der Waals surface area contributed by atoms with Gasteiger partial charge in [0.25, 0.3) is 5.56 Å². The van der Waals surface area contributed by atoms with Crippen molar-refractivity contribution in [3.05, 3.63) is 64.5 Å². The van der Waals surface area contributed by atoms with Gasteiger partial charge in [0.15, 0.2) is 0 Å². The molecule has 2 heterocycles.